The van der Waals surface area contributed by atoms with Crippen LogP contribution in [0.5, 0.6) is 0 Å². The zero-order valence-electron chi connectivity index (χ0n) is 9.51. The average molecular weight is 236 g/mol. The minimum atomic E-state index is -2.95. The van der Waals surface area contributed by atoms with E-state index in [2.05, 4.69) is 0 Å². The second-order valence-electron chi connectivity index (χ2n) is 4.28. The second kappa shape index (κ2) is 4.78. The third-order valence-electron chi connectivity index (χ3n) is 2.99. The average Bonchev–Trinajstić information content (AvgIpc) is 2.39. The first-order valence-corrected chi connectivity index (χ1v) is 6.86. The summed E-state index contributed by atoms with van der Waals surface area (Å²) >= 11 is 0. The van der Waals surface area contributed by atoms with Crippen LogP contribution in [-0.2, 0) is 14.6 Å². The maximum atomic E-state index is 11.4. The van der Waals surface area contributed by atoms with Crippen molar-refractivity contribution < 1.29 is 13.2 Å². The standard InChI is InChI=1S/C9H20N2O3S/c1-7(4-14-3)11(2)9-6-15(12,13)5-8(9)10/h7-9H,4-6,10H2,1-3H3. The number of ether oxygens (including phenoxy) is 1. The molecule has 3 atom stereocenters. The second-order valence-corrected chi connectivity index (χ2v) is 6.43. The lowest BCUT2D eigenvalue weighted by Gasteiger charge is -2.31. The Morgan fingerprint density at radius 3 is 2.53 bits per heavy atom. The first kappa shape index (κ1) is 12.9. The molecular weight excluding hydrogens is 216 g/mol. The van der Waals surface area contributed by atoms with Crippen molar-refractivity contribution in [3.05, 3.63) is 0 Å². The van der Waals surface area contributed by atoms with Crippen LogP contribution in [0.4, 0.5) is 0 Å². The molecule has 0 spiro atoms. The lowest BCUT2D eigenvalue weighted by molar-refractivity contribution is 0.0913. The Balaban J connectivity index is 2.64. The van der Waals surface area contributed by atoms with E-state index in [1.54, 1.807) is 7.11 Å². The van der Waals surface area contributed by atoms with Crippen molar-refractivity contribution in [1.29, 1.82) is 0 Å². The Bertz CT molecular complexity index is 304. The van der Waals surface area contributed by atoms with Crippen LogP contribution in [0.15, 0.2) is 0 Å². The molecule has 1 heterocycles. The summed E-state index contributed by atoms with van der Waals surface area (Å²) in [4.78, 5) is 2.00. The van der Waals surface area contributed by atoms with Crippen LogP contribution in [0, 0.1) is 0 Å². The molecular formula is C9H20N2O3S. The maximum Gasteiger partial charge on any atom is 0.153 e. The van der Waals surface area contributed by atoms with Crippen molar-refractivity contribution in [2.75, 3.05) is 32.3 Å². The fourth-order valence-corrected chi connectivity index (χ4v) is 3.91. The van der Waals surface area contributed by atoms with E-state index in [1.165, 1.54) is 0 Å². The minimum absolute atomic E-state index is 0.0832. The summed E-state index contributed by atoms with van der Waals surface area (Å²) in [6.07, 6.45) is 0. The van der Waals surface area contributed by atoms with Crippen LogP contribution >= 0.6 is 0 Å². The third kappa shape index (κ3) is 3.14. The van der Waals surface area contributed by atoms with Gasteiger partial charge < -0.3 is 10.5 Å². The van der Waals surface area contributed by atoms with Gasteiger partial charge in [-0.1, -0.05) is 0 Å². The minimum Gasteiger partial charge on any atom is -0.383 e. The molecule has 3 unspecified atom stereocenters. The van der Waals surface area contributed by atoms with Crippen molar-refractivity contribution in [3.8, 4) is 0 Å². The Morgan fingerprint density at radius 1 is 1.53 bits per heavy atom. The highest BCUT2D eigenvalue weighted by atomic mass is 32.2. The van der Waals surface area contributed by atoms with Gasteiger partial charge in [0, 0.05) is 25.2 Å². The highest BCUT2D eigenvalue weighted by Gasteiger charge is 2.38. The third-order valence-corrected chi connectivity index (χ3v) is 4.73. The Labute approximate surface area is 91.5 Å². The molecule has 90 valence electrons. The fraction of sp³-hybridized carbons (Fsp3) is 1.00. The predicted octanol–water partition coefficient (Wildman–Crippen LogP) is -0.923. The van der Waals surface area contributed by atoms with Gasteiger partial charge in [-0.05, 0) is 14.0 Å². The van der Waals surface area contributed by atoms with E-state index in [0.717, 1.165) is 0 Å². The lowest BCUT2D eigenvalue weighted by Crippen LogP contribution is -2.49. The van der Waals surface area contributed by atoms with E-state index in [1.807, 2.05) is 18.9 Å². The van der Waals surface area contributed by atoms with Crippen LogP contribution in [0.1, 0.15) is 6.92 Å². The molecule has 0 bridgehead atoms. The van der Waals surface area contributed by atoms with E-state index in [-0.39, 0.29) is 29.6 Å². The Hall–Kier alpha value is -0.170. The first-order chi connectivity index (χ1) is 6.87. The number of nitrogens with zero attached hydrogens (tertiary/aromatic N) is 1. The number of likely N-dealkylation sites (N-methyl/N-ethyl adjacent to an activating group) is 1. The number of sulfone groups is 1. The van der Waals surface area contributed by atoms with Gasteiger partial charge in [0.15, 0.2) is 9.84 Å². The van der Waals surface area contributed by atoms with Gasteiger partial charge >= 0.3 is 0 Å². The van der Waals surface area contributed by atoms with Crippen molar-refractivity contribution in [3.63, 3.8) is 0 Å². The fourth-order valence-electron chi connectivity index (χ4n) is 1.96. The Kier molecular flexibility index (Phi) is 4.11. The Morgan fingerprint density at radius 2 is 2.13 bits per heavy atom. The summed E-state index contributed by atoms with van der Waals surface area (Å²) in [7, 11) is 0.587. The molecule has 0 aromatic carbocycles. The topological polar surface area (TPSA) is 72.6 Å². The zero-order chi connectivity index (χ0) is 11.6. The van der Waals surface area contributed by atoms with E-state index in [9.17, 15) is 8.42 Å². The van der Waals surface area contributed by atoms with Crippen LogP contribution in [0.25, 0.3) is 0 Å². The summed E-state index contributed by atoms with van der Waals surface area (Å²) in [5.74, 6) is 0.264. The number of rotatable bonds is 4. The molecule has 6 heteroatoms. The first-order valence-electron chi connectivity index (χ1n) is 5.04. The molecule has 0 radical (unpaired) electrons. The number of hydrogen-bond donors (Lipinski definition) is 1. The highest BCUT2D eigenvalue weighted by molar-refractivity contribution is 7.91. The van der Waals surface area contributed by atoms with Crippen molar-refractivity contribution >= 4 is 9.84 Å². The van der Waals surface area contributed by atoms with Crippen LogP contribution < -0.4 is 5.73 Å². The van der Waals surface area contributed by atoms with Crippen LogP contribution in [0.2, 0.25) is 0 Å². The zero-order valence-corrected chi connectivity index (χ0v) is 10.3. The van der Waals surface area contributed by atoms with Crippen LogP contribution in [-0.4, -0.2) is 63.7 Å². The number of nitrogens with two attached hydrogens (primary N) is 1. The molecule has 0 aromatic rings. The molecule has 0 aromatic heterocycles. The molecule has 1 aliphatic heterocycles. The van der Waals surface area contributed by atoms with E-state index in [4.69, 9.17) is 10.5 Å². The lowest BCUT2D eigenvalue weighted by atomic mass is 10.1. The largest absolute Gasteiger partial charge is 0.383 e. The summed E-state index contributed by atoms with van der Waals surface area (Å²) in [5, 5.41) is 0. The van der Waals surface area contributed by atoms with Gasteiger partial charge in [-0.2, -0.15) is 0 Å². The summed E-state index contributed by atoms with van der Waals surface area (Å²) in [5.41, 5.74) is 5.83. The van der Waals surface area contributed by atoms with Crippen molar-refractivity contribution in [2.45, 2.75) is 25.0 Å². The van der Waals surface area contributed by atoms with Gasteiger partial charge in [-0.3, -0.25) is 4.90 Å². The molecule has 1 rings (SSSR count). The van der Waals surface area contributed by atoms with Crippen molar-refractivity contribution in [1.82, 2.24) is 4.90 Å². The van der Waals surface area contributed by atoms with Crippen LogP contribution in [0.3, 0.4) is 0 Å². The molecule has 1 aliphatic rings. The normalized spacial score (nSPS) is 32.1. The smallest absolute Gasteiger partial charge is 0.153 e. The van der Waals surface area contributed by atoms with E-state index < -0.39 is 9.84 Å². The SMILES string of the molecule is COCC(C)N(C)C1CS(=O)(=O)CC1N. The number of hydrogen-bond acceptors (Lipinski definition) is 5. The van der Waals surface area contributed by atoms with Gasteiger partial charge in [-0.25, -0.2) is 8.42 Å². The molecule has 2 N–H and O–H groups in total. The molecule has 0 aliphatic carbocycles. The van der Waals surface area contributed by atoms with Gasteiger partial charge in [0.05, 0.1) is 18.1 Å². The summed E-state index contributed by atoms with van der Waals surface area (Å²) < 4.78 is 27.8. The van der Waals surface area contributed by atoms with E-state index in [0.29, 0.717) is 6.61 Å². The highest BCUT2D eigenvalue weighted by Crippen LogP contribution is 2.17. The van der Waals surface area contributed by atoms with Crippen molar-refractivity contribution in [2.24, 2.45) is 5.73 Å². The van der Waals surface area contributed by atoms with Gasteiger partial charge in [0.1, 0.15) is 0 Å². The predicted molar refractivity (Wildman–Crippen MR) is 59.5 cm³/mol. The molecule has 1 saturated heterocycles. The monoisotopic (exact) mass is 236 g/mol. The molecule has 15 heavy (non-hydrogen) atoms. The number of methoxy groups -OCH3 is 1. The van der Waals surface area contributed by atoms with E-state index >= 15 is 0 Å². The quantitative estimate of drug-likeness (QED) is 0.683. The van der Waals surface area contributed by atoms with Gasteiger partial charge in [0.2, 0.25) is 0 Å². The van der Waals surface area contributed by atoms with Gasteiger partial charge in [0.25, 0.3) is 0 Å². The maximum absolute atomic E-state index is 11.4. The molecule has 0 saturated carbocycles. The van der Waals surface area contributed by atoms with Gasteiger partial charge in [-0.15, -0.1) is 0 Å². The molecule has 0 amide bonds. The molecule has 1 fully saturated rings. The summed E-state index contributed by atoms with van der Waals surface area (Å²) in [6, 6.07) is -0.182. The molecule has 5 nitrogen and oxygen atoms in total. The summed E-state index contributed by atoms with van der Waals surface area (Å²) in [6.45, 7) is 2.58.